The van der Waals surface area contributed by atoms with Crippen LogP contribution < -0.4 is 10.6 Å². The minimum Gasteiger partial charge on any atom is -0.445 e. The van der Waals surface area contributed by atoms with Gasteiger partial charge in [-0.25, -0.2) is 9.18 Å². The van der Waals surface area contributed by atoms with Gasteiger partial charge in [0.2, 0.25) is 5.91 Å². The molecule has 0 saturated heterocycles. The Bertz CT molecular complexity index is 893. The largest absolute Gasteiger partial charge is 0.445 e. The molecule has 0 saturated carbocycles. The summed E-state index contributed by atoms with van der Waals surface area (Å²) in [5.41, 5.74) is 1.42. The summed E-state index contributed by atoms with van der Waals surface area (Å²) in [5, 5.41) is 9.18. The van der Waals surface area contributed by atoms with Gasteiger partial charge in [0.25, 0.3) is 0 Å². The number of amides is 2. The number of carbonyl (C=O) groups excluding carboxylic acids is 2. The van der Waals surface area contributed by atoms with Gasteiger partial charge in [0, 0.05) is 13.0 Å². The number of halogens is 2. The van der Waals surface area contributed by atoms with Gasteiger partial charge in [-0.1, -0.05) is 47.6 Å². The number of alkyl carbamates (subject to hydrolysis) is 1. The number of hydrogen-bond acceptors (Lipinski definition) is 5. The minimum absolute atomic E-state index is 0.00317. The van der Waals surface area contributed by atoms with E-state index in [0.717, 1.165) is 5.56 Å². The molecule has 0 radical (unpaired) electrons. The third kappa shape index (κ3) is 6.55. The maximum atomic E-state index is 13.3. The molecule has 158 valence electrons. The lowest BCUT2D eigenvalue weighted by Crippen LogP contribution is -2.40. The number of nitrogens with one attached hydrogen (secondary N) is 2. The fourth-order valence-corrected chi connectivity index (χ4v) is 3.30. The van der Waals surface area contributed by atoms with Crippen LogP contribution in [0.5, 0.6) is 0 Å². The first kappa shape index (κ1) is 21.8. The first-order valence-electron chi connectivity index (χ1n) is 9.37. The molecule has 2 aromatic carbocycles. The van der Waals surface area contributed by atoms with E-state index >= 15 is 0 Å². The lowest BCUT2D eigenvalue weighted by Gasteiger charge is -2.19. The van der Waals surface area contributed by atoms with Gasteiger partial charge in [0.1, 0.15) is 17.0 Å². The van der Waals surface area contributed by atoms with Crippen molar-refractivity contribution in [2.24, 2.45) is 5.16 Å². The molecule has 0 aliphatic carbocycles. The molecule has 0 aromatic heterocycles. The van der Waals surface area contributed by atoms with Crippen LogP contribution in [-0.2, 0) is 21.0 Å². The van der Waals surface area contributed by atoms with Gasteiger partial charge in [-0.2, -0.15) is 0 Å². The Balaban J connectivity index is 1.56. The number of benzene rings is 2. The van der Waals surface area contributed by atoms with E-state index < -0.39 is 17.8 Å². The van der Waals surface area contributed by atoms with Crippen LogP contribution in [0.1, 0.15) is 23.5 Å². The van der Waals surface area contributed by atoms with Crippen LogP contribution in [0, 0.1) is 5.82 Å². The van der Waals surface area contributed by atoms with Crippen molar-refractivity contribution in [1.82, 2.24) is 10.6 Å². The summed E-state index contributed by atoms with van der Waals surface area (Å²) in [4.78, 5) is 30.0. The zero-order chi connectivity index (χ0) is 21.3. The number of rotatable bonds is 8. The van der Waals surface area contributed by atoms with Crippen LogP contribution >= 0.6 is 15.9 Å². The molecule has 0 bridgehead atoms. The Labute approximate surface area is 181 Å². The topological polar surface area (TPSA) is 89.0 Å². The Morgan fingerprint density at radius 1 is 1.17 bits per heavy atom. The highest BCUT2D eigenvalue weighted by Gasteiger charge is 2.25. The van der Waals surface area contributed by atoms with Crippen molar-refractivity contribution in [3.63, 3.8) is 0 Å². The van der Waals surface area contributed by atoms with E-state index in [2.05, 4.69) is 31.7 Å². The fraction of sp³-hybridized carbons (Fsp3) is 0.286. The number of nitrogens with zero attached hydrogens (tertiary/aromatic N) is 1. The van der Waals surface area contributed by atoms with E-state index in [4.69, 9.17) is 9.57 Å². The molecule has 2 aromatic rings. The molecule has 9 heteroatoms. The van der Waals surface area contributed by atoms with Gasteiger partial charge in [-0.15, -0.1) is 0 Å². The van der Waals surface area contributed by atoms with Gasteiger partial charge in [0.15, 0.2) is 6.10 Å². The molecule has 3 rings (SSSR count). The zero-order valence-electron chi connectivity index (χ0n) is 16.0. The van der Waals surface area contributed by atoms with Crippen molar-refractivity contribution in [2.75, 3.05) is 13.1 Å². The predicted molar refractivity (Wildman–Crippen MR) is 113 cm³/mol. The minimum atomic E-state index is -0.722. The zero-order valence-corrected chi connectivity index (χ0v) is 17.6. The molecule has 1 unspecified atom stereocenters. The molecular formula is C21H21BrFN3O4. The predicted octanol–water partition coefficient (Wildman–Crippen LogP) is 3.45. The highest BCUT2D eigenvalue weighted by Crippen LogP contribution is 2.18. The summed E-state index contributed by atoms with van der Waals surface area (Å²) in [5.74, 6) is -1.45. The van der Waals surface area contributed by atoms with Crippen molar-refractivity contribution < 1.29 is 23.6 Å². The van der Waals surface area contributed by atoms with E-state index in [1.165, 1.54) is 24.3 Å². The SMILES string of the molecule is O=C(NC[C@H](C(=O)NCC1CC(Br)=NO1)c1ccc(F)cc1)OCc1ccccc1. The molecule has 30 heavy (non-hydrogen) atoms. The summed E-state index contributed by atoms with van der Waals surface area (Å²) in [6.07, 6.45) is -0.345. The van der Waals surface area contributed by atoms with E-state index in [1.807, 2.05) is 30.3 Å². The van der Waals surface area contributed by atoms with Gasteiger partial charge in [-0.05, 0) is 39.2 Å². The normalized spacial score (nSPS) is 16.2. The number of ether oxygens (including phenoxy) is 1. The average molecular weight is 478 g/mol. The molecule has 2 N–H and O–H groups in total. The monoisotopic (exact) mass is 477 g/mol. The Morgan fingerprint density at radius 3 is 2.57 bits per heavy atom. The second kappa shape index (κ2) is 10.7. The highest BCUT2D eigenvalue weighted by molar-refractivity contribution is 9.18. The van der Waals surface area contributed by atoms with Gasteiger partial charge >= 0.3 is 6.09 Å². The average Bonchev–Trinajstić information content (AvgIpc) is 3.18. The summed E-state index contributed by atoms with van der Waals surface area (Å²) >= 11 is 3.25. The third-order valence-electron chi connectivity index (χ3n) is 4.45. The molecular weight excluding hydrogens is 457 g/mol. The quantitative estimate of drug-likeness (QED) is 0.609. The van der Waals surface area contributed by atoms with Crippen LogP contribution in [0.4, 0.5) is 9.18 Å². The molecule has 7 nitrogen and oxygen atoms in total. The molecule has 0 fully saturated rings. The number of hydrogen-bond donors (Lipinski definition) is 2. The molecule has 2 atom stereocenters. The Hall–Kier alpha value is -2.94. The maximum Gasteiger partial charge on any atom is 0.407 e. The molecule has 0 spiro atoms. The van der Waals surface area contributed by atoms with E-state index in [0.29, 0.717) is 16.6 Å². The smallest absolute Gasteiger partial charge is 0.407 e. The second-order valence-corrected chi connectivity index (χ2v) is 7.61. The van der Waals surface area contributed by atoms with E-state index in [1.54, 1.807) is 0 Å². The first-order valence-corrected chi connectivity index (χ1v) is 10.2. The molecule has 2 amide bonds. The molecule has 1 aliphatic heterocycles. The van der Waals surface area contributed by atoms with Crippen LogP contribution in [0.2, 0.25) is 0 Å². The molecule has 1 aliphatic rings. The van der Waals surface area contributed by atoms with Gasteiger partial charge < -0.3 is 20.2 Å². The summed E-state index contributed by atoms with van der Waals surface area (Å²) < 4.78 is 19.2. The summed E-state index contributed by atoms with van der Waals surface area (Å²) in [6.45, 7) is 0.373. The lowest BCUT2D eigenvalue weighted by molar-refractivity contribution is -0.123. The van der Waals surface area contributed by atoms with E-state index in [-0.39, 0.29) is 31.7 Å². The van der Waals surface area contributed by atoms with Crippen molar-refractivity contribution in [2.45, 2.75) is 25.0 Å². The standard InChI is InChI=1S/C21H21BrFN3O4/c22-19-10-17(30-26-19)11-24-20(27)18(15-6-8-16(23)9-7-15)12-25-21(28)29-13-14-4-2-1-3-5-14/h1-9,17-18H,10-13H2,(H,24,27)(H,25,28)/t17?,18-/m0/s1. The number of oxime groups is 1. The van der Waals surface area contributed by atoms with Crippen LogP contribution in [0.25, 0.3) is 0 Å². The van der Waals surface area contributed by atoms with Crippen LogP contribution in [-0.4, -0.2) is 35.8 Å². The van der Waals surface area contributed by atoms with Crippen molar-refractivity contribution in [1.29, 1.82) is 0 Å². The van der Waals surface area contributed by atoms with Crippen molar-refractivity contribution in [3.8, 4) is 0 Å². The van der Waals surface area contributed by atoms with E-state index in [9.17, 15) is 14.0 Å². The maximum absolute atomic E-state index is 13.3. The Kier molecular flexibility index (Phi) is 7.78. The lowest BCUT2D eigenvalue weighted by atomic mass is 9.98. The van der Waals surface area contributed by atoms with Crippen LogP contribution in [0.3, 0.4) is 0 Å². The molecule has 1 heterocycles. The van der Waals surface area contributed by atoms with Crippen molar-refractivity contribution in [3.05, 3.63) is 71.5 Å². The number of carbonyl (C=O) groups is 2. The fourth-order valence-electron chi connectivity index (χ4n) is 2.86. The summed E-state index contributed by atoms with van der Waals surface area (Å²) in [6, 6.07) is 14.8. The Morgan fingerprint density at radius 2 is 1.90 bits per heavy atom. The van der Waals surface area contributed by atoms with Crippen LogP contribution in [0.15, 0.2) is 59.8 Å². The summed E-state index contributed by atoms with van der Waals surface area (Å²) in [7, 11) is 0. The highest BCUT2D eigenvalue weighted by atomic mass is 79.9. The third-order valence-corrected chi connectivity index (χ3v) is 4.92. The van der Waals surface area contributed by atoms with Gasteiger partial charge in [0.05, 0.1) is 12.5 Å². The van der Waals surface area contributed by atoms with Crippen molar-refractivity contribution >= 4 is 32.6 Å². The van der Waals surface area contributed by atoms with Gasteiger partial charge in [-0.3, -0.25) is 4.79 Å². The first-order chi connectivity index (χ1) is 14.5. The second-order valence-electron chi connectivity index (χ2n) is 6.69.